The van der Waals surface area contributed by atoms with Crippen molar-refractivity contribution in [2.45, 2.75) is 63.2 Å². The largest absolute Gasteiger partial charge is 0.454 e. The number of para-hydroxylation sites is 4. The molecule has 5 aliphatic rings. The summed E-state index contributed by atoms with van der Waals surface area (Å²) in [6.07, 6.45) is 8.52. The monoisotopic (exact) mass is 752 g/mol. The first-order valence-corrected chi connectivity index (χ1v) is 21.4. The van der Waals surface area contributed by atoms with Crippen LogP contribution in [0.1, 0.15) is 69.1 Å². The molecule has 4 aliphatic carbocycles. The topological polar surface area (TPSA) is 19.6 Å². The molecule has 8 aromatic rings. The van der Waals surface area contributed by atoms with Crippen LogP contribution in [-0.4, -0.2) is 0 Å². The van der Waals surface area contributed by atoms with Gasteiger partial charge in [0.2, 0.25) is 0 Å². The van der Waals surface area contributed by atoms with Crippen molar-refractivity contribution >= 4 is 56.1 Å². The van der Waals surface area contributed by atoms with Gasteiger partial charge in [-0.15, -0.1) is 0 Å². The molecule has 2 heterocycles. The summed E-state index contributed by atoms with van der Waals surface area (Å²) in [6, 6.07) is 60.5. The fourth-order valence-corrected chi connectivity index (χ4v) is 12.3. The summed E-state index contributed by atoms with van der Waals surface area (Å²) in [7, 11) is 0. The number of hydrogen-bond acceptors (Lipinski definition) is 3. The van der Waals surface area contributed by atoms with Crippen molar-refractivity contribution in [3.05, 3.63) is 180 Å². The van der Waals surface area contributed by atoms with Gasteiger partial charge in [0.1, 0.15) is 5.58 Å². The Balaban J connectivity index is 0.911. The standard InChI is InChI=1S/C55H48N2O/c1-54(2)47-12-4-6-14-49(47)57(50-15-7-5-13-48(50)54)44-26-20-40(21-27-44)39-18-24-42(25-19-39)56(51-16-9-11-46-45-10-3-8-17-52(45)58-53(46)51)43-28-22-41(23-29-43)55-33-36-30-37(34-55)32-38(31-36)35-55/h3-29,36-38H,30-35H2,1-2H3. The molecule has 4 bridgehead atoms. The predicted octanol–water partition coefficient (Wildman–Crippen LogP) is 15.3. The lowest BCUT2D eigenvalue weighted by atomic mass is 9.48. The van der Waals surface area contributed by atoms with Crippen molar-refractivity contribution in [3.63, 3.8) is 0 Å². The second kappa shape index (κ2) is 12.7. The Kier molecular flexibility index (Phi) is 7.46. The van der Waals surface area contributed by atoms with Crippen LogP contribution < -0.4 is 9.80 Å². The summed E-state index contributed by atoms with van der Waals surface area (Å²) in [4.78, 5) is 4.82. The molecule has 0 amide bonds. The lowest BCUT2D eigenvalue weighted by Gasteiger charge is -2.57. The number of nitrogens with zero attached hydrogens (tertiary/aromatic N) is 2. The van der Waals surface area contributed by atoms with Crippen molar-refractivity contribution in [2.75, 3.05) is 9.80 Å². The van der Waals surface area contributed by atoms with E-state index in [1.165, 1.54) is 72.2 Å². The average molecular weight is 753 g/mol. The minimum absolute atomic E-state index is 0.0777. The van der Waals surface area contributed by atoms with E-state index in [1.807, 2.05) is 0 Å². The SMILES string of the molecule is CC1(C)c2ccccc2N(c2ccc(-c3ccc(N(c4ccc(C56CC7CC(CC(C7)C5)C6)cc4)c4cccc5c4oc4ccccc45)cc3)cc2)c2ccccc21. The Hall–Kier alpha value is -6.06. The van der Waals surface area contributed by atoms with Crippen LogP contribution in [-0.2, 0) is 10.8 Å². The van der Waals surface area contributed by atoms with Crippen molar-refractivity contribution in [1.29, 1.82) is 0 Å². The van der Waals surface area contributed by atoms with E-state index in [9.17, 15) is 0 Å². The normalized spacial score (nSPS) is 22.6. The molecule has 7 aromatic carbocycles. The summed E-state index contributed by atoms with van der Waals surface area (Å²) in [5.41, 5.74) is 15.7. The maximum absolute atomic E-state index is 6.66. The van der Waals surface area contributed by atoms with Crippen molar-refractivity contribution in [2.24, 2.45) is 17.8 Å². The molecule has 4 fully saturated rings. The highest BCUT2D eigenvalue weighted by atomic mass is 16.3. The average Bonchev–Trinajstić information content (AvgIpc) is 3.64. The number of benzene rings is 7. The first-order chi connectivity index (χ1) is 28.4. The summed E-state index contributed by atoms with van der Waals surface area (Å²) in [6.45, 7) is 4.68. The number of rotatable bonds is 6. The van der Waals surface area contributed by atoms with E-state index in [4.69, 9.17) is 4.42 Å². The van der Waals surface area contributed by atoms with E-state index in [0.717, 1.165) is 62.4 Å². The van der Waals surface area contributed by atoms with Gasteiger partial charge in [-0.2, -0.15) is 0 Å². The molecule has 3 nitrogen and oxygen atoms in total. The number of furan rings is 1. The Morgan fingerprint density at radius 2 is 1.03 bits per heavy atom. The molecule has 0 spiro atoms. The zero-order chi connectivity index (χ0) is 38.6. The first kappa shape index (κ1) is 34.0. The molecule has 58 heavy (non-hydrogen) atoms. The number of fused-ring (bicyclic) bond motifs is 5. The molecule has 4 saturated carbocycles. The lowest BCUT2D eigenvalue weighted by Crippen LogP contribution is -2.48. The van der Waals surface area contributed by atoms with Gasteiger partial charge < -0.3 is 14.2 Å². The van der Waals surface area contributed by atoms with Crippen LogP contribution in [0.25, 0.3) is 33.1 Å². The molecule has 0 N–H and O–H groups in total. The molecule has 1 aromatic heterocycles. The molecule has 3 heteroatoms. The molecular formula is C55H48N2O. The quantitative estimate of drug-likeness (QED) is 0.169. The maximum Gasteiger partial charge on any atom is 0.159 e. The number of hydrogen-bond donors (Lipinski definition) is 0. The van der Waals surface area contributed by atoms with Gasteiger partial charge in [-0.25, -0.2) is 0 Å². The second-order valence-corrected chi connectivity index (χ2v) is 18.4. The van der Waals surface area contributed by atoms with Gasteiger partial charge in [-0.3, -0.25) is 0 Å². The molecule has 284 valence electrons. The Morgan fingerprint density at radius 1 is 0.517 bits per heavy atom. The summed E-state index contributed by atoms with van der Waals surface area (Å²) < 4.78 is 6.66. The Morgan fingerprint density at radius 3 is 1.66 bits per heavy atom. The highest BCUT2D eigenvalue weighted by Gasteiger charge is 2.51. The fraction of sp³-hybridized carbons (Fsp3) is 0.236. The summed E-state index contributed by atoms with van der Waals surface area (Å²) in [5, 5.41) is 2.29. The van der Waals surface area contributed by atoms with Gasteiger partial charge in [0.25, 0.3) is 0 Å². The molecule has 1 aliphatic heterocycles. The van der Waals surface area contributed by atoms with Crippen LogP contribution in [0.3, 0.4) is 0 Å². The smallest absolute Gasteiger partial charge is 0.159 e. The van der Waals surface area contributed by atoms with Crippen LogP contribution in [0.4, 0.5) is 34.1 Å². The molecule has 0 atom stereocenters. The van der Waals surface area contributed by atoms with E-state index in [1.54, 1.807) is 5.56 Å². The molecule has 0 unspecified atom stereocenters. The minimum atomic E-state index is -0.0777. The van der Waals surface area contributed by atoms with Gasteiger partial charge in [0, 0.05) is 33.2 Å². The van der Waals surface area contributed by atoms with Gasteiger partial charge in [-0.1, -0.05) is 117 Å². The number of anilines is 6. The molecule has 0 saturated heterocycles. The zero-order valence-electron chi connectivity index (χ0n) is 33.4. The predicted molar refractivity (Wildman–Crippen MR) is 240 cm³/mol. The van der Waals surface area contributed by atoms with E-state index >= 15 is 0 Å². The minimum Gasteiger partial charge on any atom is -0.454 e. The highest BCUT2D eigenvalue weighted by molar-refractivity contribution is 6.10. The second-order valence-electron chi connectivity index (χ2n) is 18.4. The van der Waals surface area contributed by atoms with Crippen molar-refractivity contribution < 1.29 is 4.42 Å². The molecular weight excluding hydrogens is 705 g/mol. The third-order valence-corrected chi connectivity index (χ3v) is 14.6. The van der Waals surface area contributed by atoms with Gasteiger partial charge in [0.15, 0.2) is 5.58 Å². The van der Waals surface area contributed by atoms with Crippen LogP contribution in [0.15, 0.2) is 168 Å². The first-order valence-electron chi connectivity index (χ1n) is 21.4. The zero-order valence-corrected chi connectivity index (χ0v) is 33.4. The van der Waals surface area contributed by atoms with E-state index in [-0.39, 0.29) is 5.41 Å². The van der Waals surface area contributed by atoms with E-state index < -0.39 is 0 Å². The molecule has 0 radical (unpaired) electrons. The van der Waals surface area contributed by atoms with Crippen LogP contribution in [0, 0.1) is 17.8 Å². The lowest BCUT2D eigenvalue weighted by molar-refractivity contribution is -0.00518. The molecule has 13 rings (SSSR count). The van der Waals surface area contributed by atoms with Crippen LogP contribution >= 0.6 is 0 Å². The van der Waals surface area contributed by atoms with Crippen LogP contribution in [0.2, 0.25) is 0 Å². The highest BCUT2D eigenvalue weighted by Crippen LogP contribution is 2.61. The Labute approximate surface area is 341 Å². The van der Waals surface area contributed by atoms with Gasteiger partial charge in [-0.05, 0) is 150 Å². The van der Waals surface area contributed by atoms with E-state index in [2.05, 4.69) is 187 Å². The summed E-state index contributed by atoms with van der Waals surface area (Å²) >= 11 is 0. The van der Waals surface area contributed by atoms with E-state index in [0.29, 0.717) is 5.41 Å². The van der Waals surface area contributed by atoms with Crippen LogP contribution in [0.5, 0.6) is 0 Å². The summed E-state index contributed by atoms with van der Waals surface area (Å²) in [5.74, 6) is 2.77. The third kappa shape index (κ3) is 5.18. The van der Waals surface area contributed by atoms with Gasteiger partial charge >= 0.3 is 0 Å². The Bertz CT molecular complexity index is 2760. The fourth-order valence-electron chi connectivity index (χ4n) is 12.3. The van der Waals surface area contributed by atoms with Gasteiger partial charge in [0.05, 0.1) is 17.1 Å². The van der Waals surface area contributed by atoms with Crippen molar-refractivity contribution in [1.82, 2.24) is 0 Å². The third-order valence-electron chi connectivity index (χ3n) is 14.6. The van der Waals surface area contributed by atoms with Crippen molar-refractivity contribution in [3.8, 4) is 11.1 Å². The maximum atomic E-state index is 6.66.